The van der Waals surface area contributed by atoms with Crippen LogP contribution in [0.4, 0.5) is 13.2 Å². The molecule has 1 aliphatic rings. The van der Waals surface area contributed by atoms with Gasteiger partial charge in [-0.2, -0.15) is 22.7 Å². The van der Waals surface area contributed by atoms with Gasteiger partial charge in [0, 0.05) is 13.1 Å². The average molecular weight is 490 g/mol. The number of halogens is 3. The largest absolute Gasteiger partial charge is 0.417 e. The molecule has 1 aliphatic heterocycles. The summed E-state index contributed by atoms with van der Waals surface area (Å²) in [4.78, 5) is -1.44. The summed E-state index contributed by atoms with van der Waals surface area (Å²) in [6, 6.07) is 9.78. The number of rotatable bonds is 5. The number of nitrogens with zero attached hydrogens (tertiary/aromatic N) is 2. The van der Waals surface area contributed by atoms with Gasteiger partial charge in [0.15, 0.2) is 9.84 Å². The van der Waals surface area contributed by atoms with Crippen molar-refractivity contribution in [1.82, 2.24) is 4.31 Å². The molecular formula is C19H17F3N2O6S2. The maximum atomic E-state index is 13.3. The summed E-state index contributed by atoms with van der Waals surface area (Å²) in [5.74, 6) is 0. The highest BCUT2D eigenvalue weighted by atomic mass is 32.2. The summed E-state index contributed by atoms with van der Waals surface area (Å²) in [7, 11) is -9.33. The van der Waals surface area contributed by atoms with E-state index in [4.69, 9.17) is 5.26 Å². The Kier molecular flexibility index (Phi) is 6.13. The van der Waals surface area contributed by atoms with Crippen molar-refractivity contribution < 1.29 is 40.2 Å². The maximum Gasteiger partial charge on any atom is 0.417 e. The molecule has 0 spiro atoms. The van der Waals surface area contributed by atoms with Crippen LogP contribution >= 0.6 is 0 Å². The zero-order valence-corrected chi connectivity index (χ0v) is 17.8. The van der Waals surface area contributed by atoms with E-state index in [1.54, 1.807) is 6.07 Å². The van der Waals surface area contributed by atoms with E-state index in [9.17, 15) is 40.2 Å². The van der Waals surface area contributed by atoms with Crippen LogP contribution < -0.4 is 0 Å². The van der Waals surface area contributed by atoms with Crippen molar-refractivity contribution in [3.8, 4) is 6.07 Å². The highest BCUT2D eigenvalue weighted by molar-refractivity contribution is 7.92. The van der Waals surface area contributed by atoms with Crippen LogP contribution in [-0.2, 0) is 26.0 Å². The molecule has 0 amide bonds. The third-order valence-corrected chi connectivity index (χ3v) is 9.33. The number of hydrogen-bond acceptors (Lipinski definition) is 7. The minimum atomic E-state index is -5.00. The van der Waals surface area contributed by atoms with Crippen LogP contribution in [0.5, 0.6) is 0 Å². The minimum absolute atomic E-state index is 0.153. The number of β-amino-alcohol motifs (C(OH)–C–C–N with tert-alkyl or cyclic N) is 1. The molecule has 32 heavy (non-hydrogen) atoms. The lowest BCUT2D eigenvalue weighted by Crippen LogP contribution is -2.49. The molecule has 1 unspecified atom stereocenters. The molecule has 2 N–H and O–H groups in total. The molecule has 0 saturated carbocycles. The van der Waals surface area contributed by atoms with Gasteiger partial charge in [0.05, 0.1) is 33.6 Å². The van der Waals surface area contributed by atoms with Crippen molar-refractivity contribution in [1.29, 1.82) is 5.26 Å². The predicted molar refractivity (Wildman–Crippen MR) is 104 cm³/mol. The van der Waals surface area contributed by atoms with Crippen molar-refractivity contribution >= 4 is 19.9 Å². The fourth-order valence-corrected chi connectivity index (χ4v) is 7.27. The maximum absolute atomic E-state index is 13.3. The number of hydrogen-bond donors (Lipinski definition) is 2. The van der Waals surface area contributed by atoms with Gasteiger partial charge >= 0.3 is 6.18 Å². The molecule has 2 aromatic rings. The molecule has 1 heterocycles. The summed E-state index contributed by atoms with van der Waals surface area (Å²) in [6.07, 6.45) is -5.00. The SMILES string of the molecule is N#Cc1ccc(S(=O)(=O)C2CN(S(=O)(=O)c3ccccc3C(F)(F)F)C[C@@]2(O)CO)cc1. The number of sulfonamides is 1. The quantitative estimate of drug-likeness (QED) is 0.642. The number of sulfone groups is 1. The lowest BCUT2D eigenvalue weighted by Gasteiger charge is -2.26. The van der Waals surface area contributed by atoms with E-state index in [-0.39, 0.29) is 10.5 Å². The molecule has 13 heteroatoms. The molecule has 2 aromatic carbocycles. The average Bonchev–Trinajstić information content (AvgIpc) is 3.13. The Morgan fingerprint density at radius 2 is 1.69 bits per heavy atom. The third-order valence-electron chi connectivity index (χ3n) is 5.19. The van der Waals surface area contributed by atoms with Gasteiger partial charge in [-0.25, -0.2) is 16.8 Å². The smallest absolute Gasteiger partial charge is 0.393 e. The topological polar surface area (TPSA) is 136 Å². The van der Waals surface area contributed by atoms with Crippen LogP contribution in [0.3, 0.4) is 0 Å². The summed E-state index contributed by atoms with van der Waals surface area (Å²) in [5, 5.41) is 27.4. The number of aliphatic hydroxyl groups is 2. The van der Waals surface area contributed by atoms with Crippen LogP contribution in [0.2, 0.25) is 0 Å². The molecular weight excluding hydrogens is 473 g/mol. The van der Waals surface area contributed by atoms with Crippen LogP contribution in [-0.4, -0.2) is 61.9 Å². The van der Waals surface area contributed by atoms with Crippen LogP contribution in [0.1, 0.15) is 11.1 Å². The molecule has 0 aliphatic carbocycles. The van der Waals surface area contributed by atoms with Gasteiger partial charge in [-0.15, -0.1) is 0 Å². The monoisotopic (exact) mass is 490 g/mol. The Hall–Kier alpha value is -2.50. The number of nitriles is 1. The van der Waals surface area contributed by atoms with Crippen molar-refractivity contribution in [2.75, 3.05) is 19.7 Å². The molecule has 3 rings (SSSR count). The second-order valence-electron chi connectivity index (χ2n) is 7.22. The Labute approximate surface area is 182 Å². The Balaban J connectivity index is 2.05. The normalized spacial score (nSPS) is 22.6. The summed E-state index contributed by atoms with van der Waals surface area (Å²) in [6.45, 7) is -2.97. The first-order valence-electron chi connectivity index (χ1n) is 9.01. The molecule has 0 radical (unpaired) electrons. The number of benzene rings is 2. The Morgan fingerprint density at radius 3 is 2.22 bits per heavy atom. The fourth-order valence-electron chi connectivity index (χ4n) is 3.50. The van der Waals surface area contributed by atoms with E-state index in [2.05, 4.69) is 0 Å². The Bertz CT molecular complexity index is 1270. The second-order valence-corrected chi connectivity index (χ2v) is 11.3. The third kappa shape index (κ3) is 4.12. The van der Waals surface area contributed by atoms with Crippen molar-refractivity contribution in [3.05, 3.63) is 59.7 Å². The van der Waals surface area contributed by atoms with Gasteiger partial charge in [0.2, 0.25) is 10.0 Å². The lowest BCUT2D eigenvalue weighted by atomic mass is 10.1. The summed E-state index contributed by atoms with van der Waals surface area (Å²) < 4.78 is 92.6. The van der Waals surface area contributed by atoms with Crippen molar-refractivity contribution in [2.24, 2.45) is 0 Å². The zero-order valence-electron chi connectivity index (χ0n) is 16.2. The van der Waals surface area contributed by atoms with E-state index in [1.165, 1.54) is 12.1 Å². The van der Waals surface area contributed by atoms with Gasteiger partial charge in [0.25, 0.3) is 0 Å². The van der Waals surface area contributed by atoms with E-state index < -0.39 is 67.0 Å². The molecule has 0 bridgehead atoms. The molecule has 172 valence electrons. The first kappa shape index (κ1) is 24.1. The van der Waals surface area contributed by atoms with Gasteiger partial charge in [0.1, 0.15) is 10.9 Å². The number of alkyl halides is 3. The Morgan fingerprint density at radius 1 is 1.09 bits per heavy atom. The standard InChI is InChI=1S/C19H17F3N2O6S2/c20-19(21,22)15-3-1-2-4-16(15)32(29,30)24-10-17(18(26,11-24)12-25)31(27,28)14-7-5-13(9-23)6-8-14/h1-8,17,25-26H,10-12H2/t17?,18-/m1/s1. The second kappa shape index (κ2) is 8.13. The predicted octanol–water partition coefficient (Wildman–Crippen LogP) is 1.15. The van der Waals surface area contributed by atoms with Crippen molar-refractivity contribution in [3.63, 3.8) is 0 Å². The summed E-state index contributed by atoms with van der Waals surface area (Å²) >= 11 is 0. The van der Waals surface area contributed by atoms with E-state index in [0.29, 0.717) is 10.4 Å². The molecule has 0 aromatic heterocycles. The molecule has 8 nitrogen and oxygen atoms in total. The van der Waals surface area contributed by atoms with E-state index in [1.807, 2.05) is 0 Å². The fraction of sp³-hybridized carbons (Fsp3) is 0.316. The molecule has 2 atom stereocenters. The minimum Gasteiger partial charge on any atom is -0.393 e. The van der Waals surface area contributed by atoms with Crippen molar-refractivity contribution in [2.45, 2.75) is 26.8 Å². The number of aliphatic hydroxyl groups excluding tert-OH is 1. The first-order chi connectivity index (χ1) is 14.8. The van der Waals surface area contributed by atoms with Crippen LogP contribution in [0, 0.1) is 11.3 Å². The molecule has 1 saturated heterocycles. The van der Waals surface area contributed by atoms with E-state index in [0.717, 1.165) is 30.3 Å². The molecule has 1 fully saturated rings. The lowest BCUT2D eigenvalue weighted by molar-refractivity contribution is -0.139. The van der Waals surface area contributed by atoms with E-state index >= 15 is 0 Å². The first-order valence-corrected chi connectivity index (χ1v) is 12.0. The highest BCUT2D eigenvalue weighted by Crippen LogP contribution is 2.38. The van der Waals surface area contributed by atoms with Gasteiger partial charge in [-0.1, -0.05) is 12.1 Å². The van der Waals surface area contributed by atoms with Gasteiger partial charge in [-0.3, -0.25) is 0 Å². The zero-order chi connectivity index (χ0) is 23.9. The van der Waals surface area contributed by atoms with Gasteiger partial charge < -0.3 is 10.2 Å². The summed E-state index contributed by atoms with van der Waals surface area (Å²) in [5.41, 5.74) is -3.75. The van der Waals surface area contributed by atoms with Crippen LogP contribution in [0.25, 0.3) is 0 Å². The van der Waals surface area contributed by atoms with Gasteiger partial charge in [-0.05, 0) is 36.4 Å². The van der Waals surface area contributed by atoms with Crippen LogP contribution in [0.15, 0.2) is 58.3 Å². The highest BCUT2D eigenvalue weighted by Gasteiger charge is 2.55.